The molecule has 1 saturated carbocycles. The van der Waals surface area contributed by atoms with Crippen molar-refractivity contribution >= 4 is 17.9 Å². The van der Waals surface area contributed by atoms with Crippen molar-refractivity contribution < 1.29 is 8.78 Å². The molecule has 29 heavy (non-hydrogen) atoms. The predicted octanol–water partition coefficient (Wildman–Crippen LogP) is 2.43. The van der Waals surface area contributed by atoms with Crippen LogP contribution >= 0.6 is 0 Å². The molecule has 9 heteroatoms. The average Bonchev–Trinajstić information content (AvgIpc) is 2.69. The van der Waals surface area contributed by atoms with Crippen molar-refractivity contribution in [3.63, 3.8) is 0 Å². The van der Waals surface area contributed by atoms with Crippen molar-refractivity contribution in [3.05, 3.63) is 53.4 Å². The number of nitrogens with one attached hydrogen (secondary N) is 2. The molecule has 4 N–H and O–H groups in total. The maximum Gasteiger partial charge on any atom is 0.222 e. The van der Waals surface area contributed by atoms with Gasteiger partial charge in [0.2, 0.25) is 5.95 Å². The molecule has 0 saturated heterocycles. The fourth-order valence-corrected chi connectivity index (χ4v) is 3.61. The lowest BCUT2D eigenvalue weighted by Crippen LogP contribution is -2.49. The summed E-state index contributed by atoms with van der Waals surface area (Å²) in [6, 6.07) is 2.88. The second kappa shape index (κ2) is 9.04. The van der Waals surface area contributed by atoms with Gasteiger partial charge in [0.15, 0.2) is 0 Å². The standard InChI is InChI=1S/C20H25F2N7/c1-13(8-24-2)17(29-12-23)14-9-26-19(27-10-14)28-11-20(6-15(21)7-20)18-16(22)4-3-5-25-18/h3-5,8-10,15,29H,6-7,11-12,23H2,1-2H3,(H,26,27,28). The molecule has 0 atom stereocenters. The molecule has 0 aromatic carbocycles. The van der Waals surface area contributed by atoms with Crippen LogP contribution in [-0.4, -0.2) is 47.6 Å². The van der Waals surface area contributed by atoms with E-state index in [0.717, 1.165) is 16.8 Å². The zero-order chi connectivity index (χ0) is 20.9. The van der Waals surface area contributed by atoms with E-state index >= 15 is 0 Å². The van der Waals surface area contributed by atoms with Crippen LogP contribution in [0.5, 0.6) is 0 Å². The average molecular weight is 401 g/mol. The third kappa shape index (κ3) is 4.56. The molecule has 0 bridgehead atoms. The summed E-state index contributed by atoms with van der Waals surface area (Å²) in [6.45, 7) is 2.46. The Morgan fingerprint density at radius 3 is 2.66 bits per heavy atom. The van der Waals surface area contributed by atoms with Crippen LogP contribution < -0.4 is 16.4 Å². The van der Waals surface area contributed by atoms with Gasteiger partial charge in [-0.05, 0) is 37.5 Å². The van der Waals surface area contributed by atoms with Crippen molar-refractivity contribution in [2.24, 2.45) is 10.7 Å². The quantitative estimate of drug-likeness (QED) is 0.464. The number of aliphatic imine (C=N–C) groups is 1. The molecule has 154 valence electrons. The molecule has 0 spiro atoms. The Balaban J connectivity index is 1.76. The van der Waals surface area contributed by atoms with Crippen LogP contribution in [0.1, 0.15) is 31.0 Å². The molecule has 0 aliphatic heterocycles. The smallest absolute Gasteiger partial charge is 0.222 e. The maximum absolute atomic E-state index is 14.2. The predicted molar refractivity (Wildman–Crippen MR) is 110 cm³/mol. The van der Waals surface area contributed by atoms with Crippen molar-refractivity contribution in [2.75, 3.05) is 25.6 Å². The third-order valence-electron chi connectivity index (χ3n) is 5.01. The first-order valence-electron chi connectivity index (χ1n) is 9.37. The summed E-state index contributed by atoms with van der Waals surface area (Å²) in [5, 5.41) is 6.19. The van der Waals surface area contributed by atoms with Crippen LogP contribution in [0.25, 0.3) is 5.70 Å². The van der Waals surface area contributed by atoms with Gasteiger partial charge in [-0.25, -0.2) is 18.7 Å². The SMILES string of the molecule is CN=CC(C)=C(NCN)c1cnc(NCC2(c3ncccc3F)CC(F)C2)nc1. The second-order valence-corrected chi connectivity index (χ2v) is 7.09. The van der Waals surface area contributed by atoms with Gasteiger partial charge in [0.25, 0.3) is 0 Å². The summed E-state index contributed by atoms with van der Waals surface area (Å²) in [7, 11) is 1.69. The third-order valence-corrected chi connectivity index (χ3v) is 5.01. The van der Waals surface area contributed by atoms with Gasteiger partial charge in [-0.3, -0.25) is 9.98 Å². The first-order chi connectivity index (χ1) is 14.0. The minimum Gasteiger partial charge on any atom is -0.372 e. The lowest BCUT2D eigenvalue weighted by Gasteiger charge is -2.43. The van der Waals surface area contributed by atoms with E-state index in [1.807, 2.05) is 6.92 Å². The molecule has 2 aromatic heterocycles. The number of aromatic nitrogens is 3. The largest absolute Gasteiger partial charge is 0.372 e. The Bertz CT molecular complexity index is 890. The van der Waals surface area contributed by atoms with E-state index in [2.05, 4.69) is 30.6 Å². The Morgan fingerprint density at radius 1 is 1.34 bits per heavy atom. The fourth-order valence-electron chi connectivity index (χ4n) is 3.61. The number of hydrogen-bond donors (Lipinski definition) is 3. The molecule has 1 aliphatic rings. The molecule has 1 fully saturated rings. The zero-order valence-corrected chi connectivity index (χ0v) is 16.5. The molecule has 2 aromatic rings. The fraction of sp³-hybridized carbons (Fsp3) is 0.400. The van der Waals surface area contributed by atoms with E-state index in [1.165, 1.54) is 18.3 Å². The number of nitrogens with zero attached hydrogens (tertiary/aromatic N) is 4. The van der Waals surface area contributed by atoms with Crippen molar-refractivity contribution in [1.29, 1.82) is 0 Å². The van der Waals surface area contributed by atoms with Gasteiger partial charge in [0.05, 0.1) is 12.4 Å². The lowest BCUT2D eigenvalue weighted by molar-refractivity contribution is 0.0963. The van der Waals surface area contributed by atoms with Gasteiger partial charge >= 0.3 is 0 Å². The summed E-state index contributed by atoms with van der Waals surface area (Å²) in [6.07, 6.45) is 6.04. The van der Waals surface area contributed by atoms with Crippen LogP contribution in [0.3, 0.4) is 0 Å². The Morgan fingerprint density at radius 2 is 2.07 bits per heavy atom. The van der Waals surface area contributed by atoms with E-state index in [0.29, 0.717) is 12.5 Å². The summed E-state index contributed by atoms with van der Waals surface area (Å²) in [5.41, 5.74) is 7.64. The molecule has 2 heterocycles. The van der Waals surface area contributed by atoms with E-state index < -0.39 is 17.4 Å². The molecule has 0 radical (unpaired) electrons. The number of allylic oxidation sites excluding steroid dienone is 1. The van der Waals surface area contributed by atoms with Gasteiger partial charge in [0.1, 0.15) is 12.0 Å². The number of rotatable bonds is 8. The summed E-state index contributed by atoms with van der Waals surface area (Å²) in [5.74, 6) is -0.0474. The molecular formula is C20H25F2N7. The normalized spacial score (nSPS) is 22.2. The van der Waals surface area contributed by atoms with E-state index in [4.69, 9.17) is 5.73 Å². The molecule has 0 amide bonds. The molecule has 3 rings (SSSR count). The highest BCUT2D eigenvalue weighted by Gasteiger charge is 2.48. The van der Waals surface area contributed by atoms with Crippen LogP contribution in [0, 0.1) is 5.82 Å². The summed E-state index contributed by atoms with van der Waals surface area (Å²) < 4.78 is 27.9. The van der Waals surface area contributed by atoms with Crippen molar-refractivity contribution in [1.82, 2.24) is 20.3 Å². The Kier molecular flexibility index (Phi) is 6.48. The van der Waals surface area contributed by atoms with E-state index in [-0.39, 0.29) is 25.2 Å². The number of anilines is 1. The van der Waals surface area contributed by atoms with E-state index in [1.54, 1.807) is 25.7 Å². The first kappa shape index (κ1) is 20.8. The second-order valence-electron chi connectivity index (χ2n) is 7.09. The molecule has 0 unspecified atom stereocenters. The number of nitrogens with two attached hydrogens (primary N) is 1. The van der Waals surface area contributed by atoms with Gasteiger partial charge < -0.3 is 16.4 Å². The highest BCUT2D eigenvalue weighted by atomic mass is 19.1. The van der Waals surface area contributed by atoms with Gasteiger partial charge in [-0.15, -0.1) is 0 Å². The minimum atomic E-state index is -0.959. The van der Waals surface area contributed by atoms with E-state index in [9.17, 15) is 8.78 Å². The highest BCUT2D eigenvalue weighted by molar-refractivity contribution is 5.89. The Labute approximate surface area is 168 Å². The number of alkyl halides is 1. The number of hydrogen-bond acceptors (Lipinski definition) is 7. The van der Waals surface area contributed by atoms with Gasteiger partial charge in [0, 0.05) is 55.1 Å². The van der Waals surface area contributed by atoms with Crippen molar-refractivity contribution in [2.45, 2.75) is 31.4 Å². The van der Waals surface area contributed by atoms with Crippen LogP contribution in [0.2, 0.25) is 0 Å². The van der Waals surface area contributed by atoms with Gasteiger partial charge in [-0.1, -0.05) is 0 Å². The van der Waals surface area contributed by atoms with Crippen LogP contribution in [-0.2, 0) is 5.41 Å². The minimum absolute atomic E-state index is 0.217. The highest BCUT2D eigenvalue weighted by Crippen LogP contribution is 2.45. The van der Waals surface area contributed by atoms with Gasteiger partial charge in [-0.2, -0.15) is 0 Å². The van der Waals surface area contributed by atoms with Crippen LogP contribution in [0.15, 0.2) is 41.3 Å². The number of halogens is 2. The topological polar surface area (TPSA) is 101 Å². The Hall–Kier alpha value is -2.94. The lowest BCUT2D eigenvalue weighted by atomic mass is 9.65. The summed E-state index contributed by atoms with van der Waals surface area (Å²) in [4.78, 5) is 16.8. The molecule has 1 aliphatic carbocycles. The maximum atomic E-state index is 14.2. The molecular weight excluding hydrogens is 376 g/mol. The molecule has 7 nitrogen and oxygen atoms in total. The zero-order valence-electron chi connectivity index (χ0n) is 16.5. The monoisotopic (exact) mass is 401 g/mol. The number of pyridine rings is 1. The van der Waals surface area contributed by atoms with Crippen LogP contribution in [0.4, 0.5) is 14.7 Å². The van der Waals surface area contributed by atoms with Crippen molar-refractivity contribution in [3.8, 4) is 0 Å². The first-order valence-corrected chi connectivity index (χ1v) is 9.37. The summed E-state index contributed by atoms with van der Waals surface area (Å²) >= 11 is 0.